The largest absolute Gasteiger partial charge is 0.335 e. The number of carbonyl (C=O) groups is 3. The van der Waals surface area contributed by atoms with Crippen molar-refractivity contribution in [2.24, 2.45) is 0 Å². The summed E-state index contributed by atoms with van der Waals surface area (Å²) < 4.78 is 3.75. The Labute approximate surface area is 118 Å². The van der Waals surface area contributed by atoms with Gasteiger partial charge in [-0.15, -0.1) is 5.10 Å². The predicted octanol–water partition coefficient (Wildman–Crippen LogP) is -0.339. The smallest absolute Gasteiger partial charge is 0.322 e. The normalized spacial score (nSPS) is 25.8. The van der Waals surface area contributed by atoms with Crippen LogP contribution in [0.1, 0.15) is 28.2 Å². The second kappa shape index (κ2) is 4.51. The topological polar surface area (TPSA) is 104 Å². The first kappa shape index (κ1) is 13.0. The van der Waals surface area contributed by atoms with Gasteiger partial charge in [0.25, 0.3) is 11.8 Å². The Balaban J connectivity index is 1.82. The molecule has 0 aromatic carbocycles. The van der Waals surface area contributed by atoms with E-state index in [1.54, 1.807) is 11.8 Å². The Hall–Kier alpha value is -2.03. The quantitative estimate of drug-likeness (QED) is 0.690. The average Bonchev–Trinajstić information content (AvgIpc) is 2.94. The molecule has 1 aromatic heterocycles. The second-order valence-corrected chi connectivity index (χ2v) is 5.76. The highest BCUT2D eigenvalue weighted by molar-refractivity contribution is 7.07. The van der Waals surface area contributed by atoms with Gasteiger partial charge in [-0.1, -0.05) is 4.49 Å². The number of likely N-dealkylation sites (tertiary alicyclic amines) is 1. The van der Waals surface area contributed by atoms with Crippen LogP contribution in [0.25, 0.3) is 0 Å². The van der Waals surface area contributed by atoms with Crippen molar-refractivity contribution in [3.8, 4) is 0 Å². The lowest BCUT2D eigenvalue weighted by molar-refractivity contribution is -0.125. The molecule has 4 amide bonds. The van der Waals surface area contributed by atoms with Crippen molar-refractivity contribution in [2.45, 2.75) is 25.3 Å². The van der Waals surface area contributed by atoms with Gasteiger partial charge in [0.15, 0.2) is 0 Å². The summed E-state index contributed by atoms with van der Waals surface area (Å²) in [5, 5.41) is 8.70. The molecule has 9 heteroatoms. The van der Waals surface area contributed by atoms with E-state index in [0.717, 1.165) is 11.5 Å². The van der Waals surface area contributed by atoms with Gasteiger partial charge in [-0.25, -0.2) is 4.79 Å². The minimum absolute atomic E-state index is 0.181. The molecule has 20 heavy (non-hydrogen) atoms. The zero-order valence-electron chi connectivity index (χ0n) is 10.8. The molecule has 2 N–H and O–H groups in total. The molecule has 8 nitrogen and oxygen atoms in total. The lowest BCUT2D eigenvalue weighted by Gasteiger charge is -2.37. The maximum Gasteiger partial charge on any atom is 0.322 e. The summed E-state index contributed by atoms with van der Waals surface area (Å²) in [4.78, 5) is 37.7. The van der Waals surface area contributed by atoms with Gasteiger partial charge in [0.2, 0.25) is 0 Å². The fraction of sp³-hybridized carbons (Fsp3) is 0.545. The lowest BCUT2D eigenvalue weighted by atomic mass is 9.89. The molecular weight excluding hydrogens is 282 g/mol. The molecule has 1 atom stereocenters. The van der Waals surface area contributed by atoms with Crippen LogP contribution in [0.5, 0.6) is 0 Å². The SMILES string of the molecule is Cc1nnsc1C(=O)N1CCCC2(C1)NC(=O)NC2=O. The summed E-state index contributed by atoms with van der Waals surface area (Å²) in [6, 6.07) is -0.500. The number of hydrogen-bond donors (Lipinski definition) is 2. The Morgan fingerprint density at radius 3 is 2.85 bits per heavy atom. The second-order valence-electron chi connectivity index (χ2n) is 5.01. The van der Waals surface area contributed by atoms with Crippen LogP contribution >= 0.6 is 11.5 Å². The van der Waals surface area contributed by atoms with Gasteiger partial charge >= 0.3 is 6.03 Å². The van der Waals surface area contributed by atoms with Crippen molar-refractivity contribution >= 4 is 29.4 Å². The van der Waals surface area contributed by atoms with Gasteiger partial charge in [0, 0.05) is 6.54 Å². The average molecular weight is 295 g/mol. The first-order valence-corrected chi connectivity index (χ1v) is 7.01. The fourth-order valence-corrected chi connectivity index (χ4v) is 3.24. The van der Waals surface area contributed by atoms with Crippen molar-refractivity contribution in [1.82, 2.24) is 25.1 Å². The molecule has 1 spiro atoms. The van der Waals surface area contributed by atoms with Gasteiger partial charge in [-0.2, -0.15) is 0 Å². The molecule has 2 saturated heterocycles. The molecule has 2 aliphatic rings. The monoisotopic (exact) mass is 295 g/mol. The molecule has 0 aliphatic carbocycles. The minimum atomic E-state index is -0.989. The van der Waals surface area contributed by atoms with Crippen LogP contribution < -0.4 is 10.6 Å². The molecule has 2 aliphatic heterocycles. The van der Waals surface area contributed by atoms with E-state index in [1.807, 2.05) is 0 Å². The third kappa shape index (κ3) is 1.94. The van der Waals surface area contributed by atoms with Crippen LogP contribution in [0, 0.1) is 6.92 Å². The number of piperidine rings is 1. The summed E-state index contributed by atoms with van der Waals surface area (Å²) in [6.45, 7) is 2.46. The molecular formula is C11H13N5O3S. The van der Waals surface area contributed by atoms with E-state index in [-0.39, 0.29) is 18.4 Å². The number of urea groups is 1. The van der Waals surface area contributed by atoms with Crippen LogP contribution in [0.4, 0.5) is 4.79 Å². The Bertz CT molecular complexity index is 601. The van der Waals surface area contributed by atoms with E-state index in [4.69, 9.17) is 0 Å². The van der Waals surface area contributed by atoms with Crippen molar-refractivity contribution in [2.75, 3.05) is 13.1 Å². The zero-order valence-corrected chi connectivity index (χ0v) is 11.6. The highest BCUT2D eigenvalue weighted by atomic mass is 32.1. The molecule has 0 radical (unpaired) electrons. The molecule has 1 unspecified atom stereocenters. The predicted molar refractivity (Wildman–Crippen MR) is 69.2 cm³/mol. The number of nitrogens with zero attached hydrogens (tertiary/aromatic N) is 3. The molecule has 1 aromatic rings. The first-order valence-electron chi connectivity index (χ1n) is 6.24. The van der Waals surface area contributed by atoms with Crippen LogP contribution in [0.15, 0.2) is 0 Å². The Morgan fingerprint density at radius 2 is 2.25 bits per heavy atom. The van der Waals surface area contributed by atoms with Crippen molar-refractivity contribution in [3.05, 3.63) is 10.6 Å². The number of rotatable bonds is 1. The van der Waals surface area contributed by atoms with Crippen molar-refractivity contribution in [3.63, 3.8) is 0 Å². The van der Waals surface area contributed by atoms with Crippen molar-refractivity contribution in [1.29, 1.82) is 0 Å². The summed E-state index contributed by atoms with van der Waals surface area (Å²) in [7, 11) is 0. The van der Waals surface area contributed by atoms with Gasteiger partial charge in [0.1, 0.15) is 10.4 Å². The van der Waals surface area contributed by atoms with E-state index in [9.17, 15) is 14.4 Å². The third-order valence-corrected chi connectivity index (χ3v) is 4.46. The van der Waals surface area contributed by atoms with Gasteiger partial charge in [0.05, 0.1) is 12.2 Å². The van der Waals surface area contributed by atoms with E-state index >= 15 is 0 Å². The summed E-state index contributed by atoms with van der Waals surface area (Å²) in [5.41, 5.74) is -0.406. The van der Waals surface area contributed by atoms with E-state index in [2.05, 4.69) is 20.2 Å². The van der Waals surface area contributed by atoms with Crippen LogP contribution in [0.3, 0.4) is 0 Å². The summed E-state index contributed by atoms with van der Waals surface area (Å²) in [5.74, 6) is -0.551. The summed E-state index contributed by atoms with van der Waals surface area (Å²) >= 11 is 1.04. The van der Waals surface area contributed by atoms with Crippen LogP contribution in [0.2, 0.25) is 0 Å². The third-order valence-electron chi connectivity index (χ3n) is 3.64. The molecule has 0 saturated carbocycles. The van der Waals surface area contributed by atoms with Crippen LogP contribution in [-0.2, 0) is 4.79 Å². The number of hydrogen-bond acceptors (Lipinski definition) is 6. The number of aryl methyl sites for hydroxylation is 1. The van der Waals surface area contributed by atoms with Gasteiger partial charge in [-0.05, 0) is 31.3 Å². The number of amides is 4. The minimum Gasteiger partial charge on any atom is -0.335 e. The van der Waals surface area contributed by atoms with E-state index in [1.165, 1.54) is 0 Å². The fourth-order valence-electron chi connectivity index (χ4n) is 2.62. The number of imide groups is 1. The molecule has 106 valence electrons. The lowest BCUT2D eigenvalue weighted by Crippen LogP contribution is -2.59. The van der Waals surface area contributed by atoms with Crippen molar-refractivity contribution < 1.29 is 14.4 Å². The maximum absolute atomic E-state index is 12.4. The highest BCUT2D eigenvalue weighted by Gasteiger charge is 2.49. The molecule has 0 bridgehead atoms. The Morgan fingerprint density at radius 1 is 1.45 bits per heavy atom. The first-order chi connectivity index (χ1) is 9.52. The number of aromatic nitrogens is 2. The Kier molecular flexibility index (Phi) is 2.93. The van der Waals surface area contributed by atoms with E-state index < -0.39 is 11.6 Å². The number of carbonyl (C=O) groups excluding carboxylic acids is 3. The summed E-state index contributed by atoms with van der Waals surface area (Å²) in [6.07, 6.45) is 1.19. The molecule has 3 rings (SSSR count). The zero-order chi connectivity index (χ0) is 14.3. The highest BCUT2D eigenvalue weighted by Crippen LogP contribution is 2.26. The van der Waals surface area contributed by atoms with Gasteiger partial charge < -0.3 is 10.2 Å². The number of nitrogens with one attached hydrogen (secondary N) is 2. The van der Waals surface area contributed by atoms with E-state index in [0.29, 0.717) is 30.0 Å². The standard InChI is InChI=1S/C11H13N5O3S/c1-6-7(20-15-14-6)8(17)16-4-2-3-11(5-16)9(18)12-10(19)13-11/h2-5H2,1H3,(H2,12,13,18,19). The molecule has 2 fully saturated rings. The van der Waals surface area contributed by atoms with Gasteiger partial charge in [-0.3, -0.25) is 14.9 Å². The van der Waals surface area contributed by atoms with Crippen LogP contribution in [-0.4, -0.2) is 51.0 Å². The maximum atomic E-state index is 12.4. The molecule has 3 heterocycles.